The van der Waals surface area contributed by atoms with Gasteiger partial charge in [-0.15, -0.1) is 0 Å². The van der Waals surface area contributed by atoms with Crippen molar-refractivity contribution in [3.63, 3.8) is 0 Å². The number of fused-ring (bicyclic) bond motifs is 3. The second kappa shape index (κ2) is 26.3. The monoisotopic (exact) mass is 857 g/mol. The number of carbonyl (C=O) groups excluding carboxylic acids is 1. The number of hydrogen-bond acceptors (Lipinski definition) is 12. The summed E-state index contributed by atoms with van der Waals surface area (Å²) in [4.78, 5) is 49.1. The summed E-state index contributed by atoms with van der Waals surface area (Å²) in [6, 6.07) is 34.9. The van der Waals surface area contributed by atoms with Gasteiger partial charge >= 0.3 is 41.5 Å². The van der Waals surface area contributed by atoms with Crippen LogP contribution >= 0.6 is 39.5 Å². The van der Waals surface area contributed by atoms with E-state index in [2.05, 4.69) is 37.9 Å². The van der Waals surface area contributed by atoms with Crippen LogP contribution < -0.4 is 40.5 Å². The van der Waals surface area contributed by atoms with E-state index >= 15 is 0 Å². The summed E-state index contributed by atoms with van der Waals surface area (Å²) < 4.78 is 0. The van der Waals surface area contributed by atoms with Crippen LogP contribution in [0.15, 0.2) is 109 Å². The van der Waals surface area contributed by atoms with Crippen LogP contribution in [0.5, 0.6) is 0 Å². The molecule has 3 aromatic heterocycles. The molecule has 0 amide bonds. The number of nitrogens with two attached hydrogens (primary N) is 1. The van der Waals surface area contributed by atoms with Crippen LogP contribution in [0.3, 0.4) is 0 Å². The van der Waals surface area contributed by atoms with Crippen molar-refractivity contribution >= 4 is 90.6 Å². The van der Waals surface area contributed by atoms with E-state index in [4.69, 9.17) is 30.9 Å². The molecule has 3 heterocycles. The van der Waals surface area contributed by atoms with E-state index in [0.717, 1.165) is 49.7 Å². The van der Waals surface area contributed by atoms with E-state index in [9.17, 15) is 14.7 Å². The quantitative estimate of drug-likeness (QED) is 0.0505. The number of aliphatic carboxylic acids is 2. The fourth-order valence-electron chi connectivity index (χ4n) is 5.01. The number of para-hydroxylation sites is 3. The summed E-state index contributed by atoms with van der Waals surface area (Å²) in [7, 11) is 0. The van der Waals surface area contributed by atoms with Crippen LogP contribution in [0.2, 0.25) is 0 Å². The van der Waals surface area contributed by atoms with Crippen molar-refractivity contribution < 1.29 is 64.3 Å². The van der Waals surface area contributed by atoms with E-state index < -0.39 is 24.0 Å². The van der Waals surface area contributed by atoms with E-state index in [1.165, 1.54) is 28.9 Å². The zero-order chi connectivity index (χ0) is 39.3. The number of hydrogen-bond donors (Lipinski definition) is 3. The average Bonchev–Trinajstić information content (AvgIpc) is 3.20. The number of benzene rings is 3. The Hall–Kier alpha value is -3.64. The molecular formula is C39H41BrN5NaO7S2. The van der Waals surface area contributed by atoms with Gasteiger partial charge < -0.3 is 26.1 Å². The molecule has 0 bridgehead atoms. The predicted octanol–water partition coefficient (Wildman–Crippen LogP) is 2.93. The van der Waals surface area contributed by atoms with Crippen LogP contribution in [0, 0.1) is 0 Å². The smallest absolute Gasteiger partial charge is 0.662 e. The molecule has 55 heavy (non-hydrogen) atoms. The Morgan fingerprint density at radius 2 is 1.11 bits per heavy atom. The molecule has 12 nitrogen and oxygen atoms in total. The SMILES string of the molecule is BrCc1ccc2ccccc2n1.CSCC(C(=O)O)N(Cc1ccc2ccccc2n1)Cc1ccc2ccccc2n1.CSCC(N)C(=O)O.O=CO[O-].[Na+]. The fraction of sp³-hybridized carbons (Fsp3) is 0.231. The van der Waals surface area contributed by atoms with Crippen molar-refractivity contribution in [1.82, 2.24) is 19.9 Å². The third-order valence-corrected chi connectivity index (χ3v) is 9.50. The number of thioether (sulfide) groups is 2. The van der Waals surface area contributed by atoms with Gasteiger partial charge in [-0.05, 0) is 48.9 Å². The number of aromatic nitrogens is 3. The second-order valence-corrected chi connectivity index (χ2v) is 13.8. The first kappa shape index (κ1) is 47.5. The zero-order valence-corrected chi connectivity index (χ0v) is 35.9. The minimum atomic E-state index is -0.931. The van der Waals surface area contributed by atoms with Gasteiger partial charge in [0.1, 0.15) is 12.1 Å². The molecule has 284 valence electrons. The molecule has 0 aliphatic rings. The van der Waals surface area contributed by atoms with Crippen molar-refractivity contribution in [1.29, 1.82) is 0 Å². The van der Waals surface area contributed by atoms with Crippen LogP contribution in [0.4, 0.5) is 0 Å². The average molecular weight is 859 g/mol. The number of halogens is 1. The molecule has 0 aliphatic heterocycles. The first-order valence-corrected chi connectivity index (χ1v) is 20.3. The number of rotatable bonds is 13. The minimum Gasteiger partial charge on any atom is -0.662 e. The van der Waals surface area contributed by atoms with Gasteiger partial charge in [-0.1, -0.05) is 88.7 Å². The van der Waals surface area contributed by atoms with E-state index in [1.54, 1.807) is 0 Å². The number of nitrogens with zero attached hydrogens (tertiary/aromatic N) is 4. The van der Waals surface area contributed by atoms with Gasteiger partial charge in [-0.3, -0.25) is 34.2 Å². The first-order chi connectivity index (χ1) is 26.1. The summed E-state index contributed by atoms with van der Waals surface area (Å²) in [5.74, 6) is -0.781. The van der Waals surface area contributed by atoms with Gasteiger partial charge in [0.15, 0.2) is 0 Å². The summed E-state index contributed by atoms with van der Waals surface area (Å²) >= 11 is 6.34. The summed E-state index contributed by atoms with van der Waals surface area (Å²) in [6.07, 6.45) is 3.75. The molecule has 2 atom stereocenters. The Kier molecular flexibility index (Phi) is 22.7. The Bertz CT molecular complexity index is 2020. The maximum Gasteiger partial charge on any atom is 1.00 e. The third kappa shape index (κ3) is 16.2. The summed E-state index contributed by atoms with van der Waals surface area (Å²) in [6.45, 7) is 0.702. The number of carboxylic acids is 2. The van der Waals surface area contributed by atoms with Gasteiger partial charge in [-0.25, -0.2) is 0 Å². The molecule has 0 radical (unpaired) electrons. The van der Waals surface area contributed by atoms with Crippen LogP contribution in [0.1, 0.15) is 17.1 Å². The molecular weight excluding hydrogens is 817 g/mol. The molecule has 0 saturated heterocycles. The number of carboxylic acid groups (broad SMARTS) is 2. The van der Waals surface area contributed by atoms with Gasteiger partial charge in [0, 0.05) is 46.1 Å². The predicted molar refractivity (Wildman–Crippen MR) is 218 cm³/mol. The molecule has 2 unspecified atom stereocenters. The first-order valence-electron chi connectivity index (χ1n) is 16.4. The van der Waals surface area contributed by atoms with E-state index in [0.29, 0.717) is 24.6 Å². The Balaban J connectivity index is 0.000000342. The van der Waals surface area contributed by atoms with Crippen molar-refractivity contribution in [3.05, 3.63) is 126 Å². The summed E-state index contributed by atoms with van der Waals surface area (Å²) in [5, 5.41) is 30.6. The van der Waals surface area contributed by atoms with Crippen molar-refractivity contribution in [2.24, 2.45) is 5.73 Å². The van der Waals surface area contributed by atoms with Gasteiger partial charge in [0.05, 0.1) is 33.6 Å². The standard InChI is InChI=1S/C24H23N3O2S.C10H8BrN.C4H9NO2S.CH2O3.Na/c1-30-16-23(24(28)29)27(14-19-12-10-17-6-2-4-8-21(17)25-19)15-20-13-11-18-7-3-5-9-22(18)26-20;11-7-9-6-5-8-3-1-2-4-10(8)12-9;1-8-2-3(5)4(6)7;2-1-4-3;/h2-13,23H,14-16H2,1H3,(H,28,29);1-6H,7H2;3H,2,5H2,1H3,(H,6,7);1,3H;/q;;;;+1/p-1. The van der Waals surface area contributed by atoms with Crippen LogP contribution in [0.25, 0.3) is 32.7 Å². The number of alkyl halides is 1. The molecule has 0 spiro atoms. The van der Waals surface area contributed by atoms with Crippen molar-refractivity contribution in [2.75, 3.05) is 24.0 Å². The largest absolute Gasteiger partial charge is 1.00 e. The summed E-state index contributed by atoms with van der Waals surface area (Å²) in [5.41, 5.74) is 10.8. The Morgan fingerprint density at radius 1 is 0.727 bits per heavy atom. The maximum absolute atomic E-state index is 12.0. The molecule has 0 fully saturated rings. The van der Waals surface area contributed by atoms with Crippen LogP contribution in [-0.2, 0) is 37.7 Å². The topological polar surface area (TPSA) is 192 Å². The third-order valence-electron chi connectivity index (χ3n) is 7.59. The van der Waals surface area contributed by atoms with E-state index in [-0.39, 0.29) is 36.0 Å². The number of carbonyl (C=O) groups is 3. The van der Waals surface area contributed by atoms with Gasteiger partial charge in [-0.2, -0.15) is 23.5 Å². The fourth-order valence-corrected chi connectivity index (χ4v) is 6.49. The van der Waals surface area contributed by atoms with Gasteiger partial charge in [0.2, 0.25) is 0 Å². The molecule has 16 heteroatoms. The Labute approximate surface area is 358 Å². The number of pyridine rings is 3. The molecule has 4 N–H and O–H groups in total. The molecule has 3 aromatic carbocycles. The van der Waals surface area contributed by atoms with E-state index in [1.807, 2.05) is 114 Å². The molecule has 0 saturated carbocycles. The zero-order valence-electron chi connectivity index (χ0n) is 30.7. The molecule has 6 rings (SSSR count). The second-order valence-electron chi connectivity index (χ2n) is 11.4. The van der Waals surface area contributed by atoms with Crippen molar-refractivity contribution in [2.45, 2.75) is 30.5 Å². The van der Waals surface area contributed by atoms with Crippen molar-refractivity contribution in [3.8, 4) is 0 Å². The van der Waals surface area contributed by atoms with Gasteiger partial charge in [0.25, 0.3) is 6.47 Å². The minimum absolute atomic E-state index is 0. The Morgan fingerprint density at radius 3 is 1.44 bits per heavy atom. The van der Waals surface area contributed by atoms with Crippen LogP contribution in [-0.4, -0.2) is 84.6 Å². The normalized spacial score (nSPS) is 11.4. The molecule has 6 aromatic rings. The molecule has 0 aliphatic carbocycles. The maximum atomic E-state index is 12.0.